The van der Waals surface area contributed by atoms with Crippen LogP contribution in [0.3, 0.4) is 0 Å². The molecular formula is C21H25N3O. The van der Waals surface area contributed by atoms with Crippen LogP contribution in [0.2, 0.25) is 0 Å². The highest BCUT2D eigenvalue weighted by Crippen LogP contribution is 2.21. The minimum absolute atomic E-state index is 0.0567. The van der Waals surface area contributed by atoms with Crippen molar-refractivity contribution in [1.29, 1.82) is 0 Å². The lowest BCUT2D eigenvalue weighted by molar-refractivity contribution is -0.111. The van der Waals surface area contributed by atoms with E-state index in [9.17, 15) is 4.79 Å². The number of nitrogens with one attached hydrogen (secondary N) is 1. The fourth-order valence-corrected chi connectivity index (χ4v) is 3.38. The molecule has 1 aliphatic heterocycles. The van der Waals surface area contributed by atoms with Crippen LogP contribution in [0.4, 0.5) is 0 Å². The van der Waals surface area contributed by atoms with Gasteiger partial charge in [0, 0.05) is 38.5 Å². The Bertz CT molecular complexity index is 686. The summed E-state index contributed by atoms with van der Waals surface area (Å²) in [5.41, 5.74) is 6.22. The van der Waals surface area contributed by atoms with Gasteiger partial charge in [0.2, 0.25) is 0 Å². The van der Waals surface area contributed by atoms with Crippen LogP contribution in [0.1, 0.15) is 25.0 Å². The first-order valence-electron chi connectivity index (χ1n) is 8.78. The second-order valence-electron chi connectivity index (χ2n) is 6.64. The van der Waals surface area contributed by atoms with Crippen molar-refractivity contribution in [2.45, 2.75) is 33.0 Å². The van der Waals surface area contributed by atoms with Crippen molar-refractivity contribution in [2.24, 2.45) is 11.0 Å². The van der Waals surface area contributed by atoms with Gasteiger partial charge in [0.05, 0.1) is 0 Å². The maximum absolute atomic E-state index is 11.9. The first kappa shape index (κ1) is 17.4. The van der Waals surface area contributed by atoms with Crippen LogP contribution in [0.15, 0.2) is 65.8 Å². The van der Waals surface area contributed by atoms with Crippen LogP contribution in [-0.2, 0) is 17.9 Å². The van der Waals surface area contributed by atoms with Gasteiger partial charge < -0.3 is 5.43 Å². The summed E-state index contributed by atoms with van der Waals surface area (Å²) in [6.07, 6.45) is 0. The lowest BCUT2D eigenvalue weighted by atomic mass is 9.92. The molecule has 0 radical (unpaired) electrons. The van der Waals surface area contributed by atoms with E-state index in [-0.39, 0.29) is 17.7 Å². The summed E-state index contributed by atoms with van der Waals surface area (Å²) in [6.45, 7) is 6.21. The summed E-state index contributed by atoms with van der Waals surface area (Å²) in [7, 11) is 0. The second-order valence-corrected chi connectivity index (χ2v) is 6.64. The molecule has 130 valence electrons. The number of nitrogens with zero attached hydrogens (tertiary/aromatic N) is 2. The van der Waals surface area contributed by atoms with Gasteiger partial charge in [-0.1, -0.05) is 60.7 Å². The SMILES string of the molecule is CC(=O)C1=NNC[C@@H]1[C@@H](C)N(Cc1ccccc1)Cc1ccccc1. The molecule has 2 atom stereocenters. The summed E-state index contributed by atoms with van der Waals surface area (Å²) in [6, 6.07) is 21.2. The molecular weight excluding hydrogens is 310 g/mol. The molecule has 1 heterocycles. The number of hydrogen-bond acceptors (Lipinski definition) is 4. The smallest absolute Gasteiger partial charge is 0.176 e. The molecule has 0 fully saturated rings. The van der Waals surface area contributed by atoms with Crippen molar-refractivity contribution in [3.05, 3.63) is 71.8 Å². The molecule has 0 bridgehead atoms. The van der Waals surface area contributed by atoms with E-state index < -0.39 is 0 Å². The average molecular weight is 335 g/mol. The predicted octanol–water partition coefficient (Wildman–Crippen LogP) is 3.24. The summed E-state index contributed by atoms with van der Waals surface area (Å²) in [5, 5.41) is 4.22. The molecule has 2 aromatic rings. The zero-order chi connectivity index (χ0) is 17.6. The number of carbonyl (C=O) groups excluding carboxylic acids is 1. The average Bonchev–Trinajstić information content (AvgIpc) is 3.12. The molecule has 4 nitrogen and oxygen atoms in total. The van der Waals surface area contributed by atoms with Crippen molar-refractivity contribution < 1.29 is 4.79 Å². The monoisotopic (exact) mass is 335 g/mol. The Balaban J connectivity index is 1.82. The van der Waals surface area contributed by atoms with Gasteiger partial charge in [0.15, 0.2) is 5.78 Å². The third kappa shape index (κ3) is 4.34. The van der Waals surface area contributed by atoms with Gasteiger partial charge in [0.1, 0.15) is 5.71 Å². The Morgan fingerprint density at radius 2 is 1.60 bits per heavy atom. The Morgan fingerprint density at radius 1 is 1.08 bits per heavy atom. The molecule has 0 saturated carbocycles. The number of benzene rings is 2. The number of ketones is 1. The minimum atomic E-state index is 0.0567. The first-order valence-corrected chi connectivity index (χ1v) is 8.78. The van der Waals surface area contributed by atoms with E-state index in [1.54, 1.807) is 6.92 Å². The largest absolute Gasteiger partial charge is 0.309 e. The number of Topliss-reactive ketones (excluding diaryl/α,β-unsaturated/α-hetero) is 1. The number of hydrazone groups is 1. The van der Waals surface area contributed by atoms with Gasteiger partial charge in [-0.25, -0.2) is 0 Å². The molecule has 0 spiro atoms. The van der Waals surface area contributed by atoms with Crippen molar-refractivity contribution in [3.63, 3.8) is 0 Å². The standard InChI is InChI=1S/C21H25N3O/c1-16(20-13-22-23-21(20)17(2)25)24(14-18-9-5-3-6-10-18)15-19-11-7-4-8-12-19/h3-12,16,20,22H,13-15H2,1-2H3/t16-,20-/m1/s1. The molecule has 0 saturated heterocycles. The van der Waals surface area contributed by atoms with Gasteiger partial charge in [-0.2, -0.15) is 5.10 Å². The molecule has 1 aliphatic rings. The summed E-state index contributed by atoms with van der Waals surface area (Å²) in [4.78, 5) is 14.3. The second kappa shape index (κ2) is 8.08. The summed E-state index contributed by atoms with van der Waals surface area (Å²) < 4.78 is 0. The van der Waals surface area contributed by atoms with Crippen LogP contribution < -0.4 is 5.43 Å². The lowest BCUT2D eigenvalue weighted by Gasteiger charge is -2.33. The molecule has 0 amide bonds. The van der Waals surface area contributed by atoms with Gasteiger partial charge >= 0.3 is 0 Å². The van der Waals surface area contributed by atoms with Crippen molar-refractivity contribution in [2.75, 3.05) is 6.54 Å². The highest BCUT2D eigenvalue weighted by molar-refractivity contribution is 6.40. The zero-order valence-corrected chi connectivity index (χ0v) is 14.9. The normalized spacial score (nSPS) is 17.9. The highest BCUT2D eigenvalue weighted by atomic mass is 16.1. The third-order valence-electron chi connectivity index (χ3n) is 4.84. The summed E-state index contributed by atoms with van der Waals surface area (Å²) in [5.74, 6) is 0.172. The van der Waals surface area contributed by atoms with Crippen LogP contribution in [0.25, 0.3) is 0 Å². The Morgan fingerprint density at radius 3 is 2.08 bits per heavy atom. The van der Waals surface area contributed by atoms with Crippen LogP contribution >= 0.6 is 0 Å². The molecule has 0 aromatic heterocycles. The third-order valence-corrected chi connectivity index (χ3v) is 4.84. The van der Waals surface area contributed by atoms with Crippen molar-refractivity contribution in [1.82, 2.24) is 10.3 Å². The minimum Gasteiger partial charge on any atom is -0.309 e. The van der Waals surface area contributed by atoms with E-state index in [2.05, 4.69) is 70.9 Å². The molecule has 1 N–H and O–H groups in total. The quantitative estimate of drug-likeness (QED) is 0.845. The van der Waals surface area contributed by atoms with E-state index in [1.165, 1.54) is 11.1 Å². The number of hydrogen-bond donors (Lipinski definition) is 1. The first-order chi connectivity index (χ1) is 12.1. The van der Waals surface area contributed by atoms with Crippen LogP contribution in [-0.4, -0.2) is 29.0 Å². The topological polar surface area (TPSA) is 44.7 Å². The molecule has 0 aliphatic carbocycles. The molecule has 4 heteroatoms. The molecule has 25 heavy (non-hydrogen) atoms. The Hall–Kier alpha value is -2.46. The molecule has 2 aromatic carbocycles. The van der Waals surface area contributed by atoms with Gasteiger partial charge in [-0.15, -0.1) is 0 Å². The van der Waals surface area contributed by atoms with E-state index in [0.717, 1.165) is 19.6 Å². The number of rotatable bonds is 7. The fraction of sp³-hybridized carbons (Fsp3) is 0.333. The van der Waals surface area contributed by atoms with Crippen molar-refractivity contribution >= 4 is 11.5 Å². The van der Waals surface area contributed by atoms with E-state index >= 15 is 0 Å². The highest BCUT2D eigenvalue weighted by Gasteiger charge is 2.33. The van der Waals surface area contributed by atoms with Gasteiger partial charge in [0.25, 0.3) is 0 Å². The maximum Gasteiger partial charge on any atom is 0.176 e. The van der Waals surface area contributed by atoms with Crippen LogP contribution in [0, 0.1) is 5.92 Å². The van der Waals surface area contributed by atoms with E-state index in [1.807, 2.05) is 12.1 Å². The number of carbonyl (C=O) groups is 1. The van der Waals surface area contributed by atoms with Gasteiger partial charge in [-0.05, 0) is 18.1 Å². The Labute approximate surface area is 149 Å². The van der Waals surface area contributed by atoms with E-state index in [4.69, 9.17) is 0 Å². The van der Waals surface area contributed by atoms with Crippen LogP contribution in [0.5, 0.6) is 0 Å². The molecule has 3 rings (SSSR count). The lowest BCUT2D eigenvalue weighted by Crippen LogP contribution is -2.43. The van der Waals surface area contributed by atoms with Gasteiger partial charge in [-0.3, -0.25) is 9.69 Å². The van der Waals surface area contributed by atoms with Crippen molar-refractivity contribution in [3.8, 4) is 0 Å². The fourth-order valence-electron chi connectivity index (χ4n) is 3.38. The zero-order valence-electron chi connectivity index (χ0n) is 14.9. The maximum atomic E-state index is 11.9. The predicted molar refractivity (Wildman–Crippen MR) is 101 cm³/mol. The molecule has 0 unspecified atom stereocenters. The van der Waals surface area contributed by atoms with E-state index in [0.29, 0.717) is 5.71 Å². The Kier molecular flexibility index (Phi) is 5.61. The summed E-state index contributed by atoms with van der Waals surface area (Å²) >= 11 is 0.